The number of likely N-dealkylation sites (tertiary alicyclic amines) is 1. The highest BCUT2D eigenvalue weighted by Crippen LogP contribution is 2.47. The summed E-state index contributed by atoms with van der Waals surface area (Å²) in [6, 6.07) is 0. The van der Waals surface area contributed by atoms with Gasteiger partial charge in [0.25, 0.3) is 0 Å². The molecule has 2 aliphatic rings. The summed E-state index contributed by atoms with van der Waals surface area (Å²) in [7, 11) is 5.85. The zero-order valence-corrected chi connectivity index (χ0v) is 12.7. The van der Waals surface area contributed by atoms with Crippen molar-refractivity contribution in [1.29, 1.82) is 0 Å². The maximum atomic E-state index is 11.7. The van der Waals surface area contributed by atoms with Crippen molar-refractivity contribution < 1.29 is 9.53 Å². The third-order valence-corrected chi connectivity index (χ3v) is 4.69. The highest BCUT2D eigenvalue weighted by Gasteiger charge is 2.51. The third kappa shape index (κ3) is 3.93. The summed E-state index contributed by atoms with van der Waals surface area (Å²) in [6.07, 6.45) is 5.93. The molecule has 2 fully saturated rings. The highest BCUT2D eigenvalue weighted by atomic mass is 16.5. The first-order valence-corrected chi connectivity index (χ1v) is 7.51. The minimum atomic E-state index is -0.174. The SMILES string of the molecule is COC(=O)C1(CN(C)CCC2CCCN(C)C2)CC1. The van der Waals surface area contributed by atoms with E-state index in [0.29, 0.717) is 0 Å². The van der Waals surface area contributed by atoms with E-state index in [4.69, 9.17) is 4.74 Å². The van der Waals surface area contributed by atoms with Gasteiger partial charge in [-0.1, -0.05) is 0 Å². The first kappa shape index (κ1) is 14.8. The zero-order chi connectivity index (χ0) is 13.9. The second-order valence-corrected chi connectivity index (χ2v) is 6.57. The van der Waals surface area contributed by atoms with Gasteiger partial charge in [-0.25, -0.2) is 0 Å². The molecule has 0 spiro atoms. The molecule has 1 aliphatic heterocycles. The predicted octanol–water partition coefficient (Wildman–Crippen LogP) is 1.60. The molecule has 4 heteroatoms. The summed E-state index contributed by atoms with van der Waals surface area (Å²) in [4.78, 5) is 16.5. The van der Waals surface area contributed by atoms with Crippen molar-refractivity contribution in [3.8, 4) is 0 Å². The minimum absolute atomic E-state index is 0.0169. The summed E-state index contributed by atoms with van der Waals surface area (Å²) in [5, 5.41) is 0. The number of piperidine rings is 1. The summed E-state index contributed by atoms with van der Waals surface area (Å²) >= 11 is 0. The van der Waals surface area contributed by atoms with Crippen molar-refractivity contribution in [2.45, 2.75) is 32.1 Å². The average Bonchev–Trinajstić information content (AvgIpc) is 3.16. The van der Waals surface area contributed by atoms with Crippen LogP contribution in [0, 0.1) is 11.3 Å². The molecule has 1 saturated carbocycles. The Morgan fingerprint density at radius 3 is 2.79 bits per heavy atom. The van der Waals surface area contributed by atoms with E-state index in [2.05, 4.69) is 23.9 Å². The lowest BCUT2D eigenvalue weighted by Crippen LogP contribution is -2.36. The van der Waals surface area contributed by atoms with Crippen molar-refractivity contribution in [2.24, 2.45) is 11.3 Å². The minimum Gasteiger partial charge on any atom is -0.469 e. The molecule has 110 valence electrons. The van der Waals surface area contributed by atoms with Crippen LogP contribution in [0.5, 0.6) is 0 Å². The molecule has 1 saturated heterocycles. The Morgan fingerprint density at radius 2 is 2.21 bits per heavy atom. The standard InChI is InChI=1S/C15H28N2O2/c1-16-9-4-5-13(11-16)6-10-17(2)12-15(7-8-15)14(18)19-3/h13H,4-12H2,1-3H3. The monoisotopic (exact) mass is 268 g/mol. The van der Waals surface area contributed by atoms with Crippen LogP contribution < -0.4 is 0 Å². The van der Waals surface area contributed by atoms with Crippen LogP contribution in [0.1, 0.15) is 32.1 Å². The molecule has 1 unspecified atom stereocenters. The molecule has 0 aromatic carbocycles. The van der Waals surface area contributed by atoms with Crippen LogP contribution in [-0.2, 0) is 9.53 Å². The van der Waals surface area contributed by atoms with Gasteiger partial charge in [-0.05, 0) is 65.2 Å². The van der Waals surface area contributed by atoms with E-state index >= 15 is 0 Å². The van der Waals surface area contributed by atoms with Gasteiger partial charge in [-0.3, -0.25) is 4.79 Å². The molecule has 1 atom stereocenters. The zero-order valence-electron chi connectivity index (χ0n) is 12.7. The molecule has 0 bridgehead atoms. The number of nitrogens with zero attached hydrogens (tertiary/aromatic N) is 2. The molecule has 0 N–H and O–H groups in total. The molecule has 0 aromatic heterocycles. The highest BCUT2D eigenvalue weighted by molar-refractivity contribution is 5.80. The van der Waals surface area contributed by atoms with Gasteiger partial charge in [0.05, 0.1) is 12.5 Å². The number of ether oxygens (including phenoxy) is 1. The summed E-state index contributed by atoms with van der Waals surface area (Å²) in [5.74, 6) is 0.811. The van der Waals surface area contributed by atoms with Crippen LogP contribution >= 0.6 is 0 Å². The van der Waals surface area contributed by atoms with E-state index in [9.17, 15) is 4.79 Å². The molecular weight excluding hydrogens is 240 g/mol. The predicted molar refractivity (Wildman–Crippen MR) is 76.0 cm³/mol. The van der Waals surface area contributed by atoms with Gasteiger partial charge < -0.3 is 14.5 Å². The number of carbonyl (C=O) groups excluding carboxylic acids is 1. The van der Waals surface area contributed by atoms with E-state index in [1.165, 1.54) is 39.5 Å². The summed E-state index contributed by atoms with van der Waals surface area (Å²) in [6.45, 7) is 4.44. The summed E-state index contributed by atoms with van der Waals surface area (Å²) < 4.78 is 4.91. The average molecular weight is 268 g/mol. The maximum absolute atomic E-state index is 11.7. The van der Waals surface area contributed by atoms with Crippen molar-refractivity contribution in [1.82, 2.24) is 9.80 Å². The Balaban J connectivity index is 1.70. The van der Waals surface area contributed by atoms with E-state index in [1.807, 2.05) is 0 Å². The number of carbonyl (C=O) groups is 1. The van der Waals surface area contributed by atoms with Crippen molar-refractivity contribution in [3.63, 3.8) is 0 Å². The summed E-state index contributed by atoms with van der Waals surface area (Å²) in [5.41, 5.74) is -0.174. The number of hydrogen-bond acceptors (Lipinski definition) is 4. The molecule has 1 heterocycles. The fourth-order valence-corrected chi connectivity index (χ4v) is 3.30. The number of methoxy groups -OCH3 is 1. The fraction of sp³-hybridized carbons (Fsp3) is 0.933. The van der Waals surface area contributed by atoms with Crippen molar-refractivity contribution in [2.75, 3.05) is 47.4 Å². The fourth-order valence-electron chi connectivity index (χ4n) is 3.30. The lowest BCUT2D eigenvalue weighted by molar-refractivity contribution is -0.147. The van der Waals surface area contributed by atoms with E-state index in [-0.39, 0.29) is 11.4 Å². The third-order valence-electron chi connectivity index (χ3n) is 4.69. The maximum Gasteiger partial charge on any atom is 0.313 e. The lowest BCUT2D eigenvalue weighted by Gasteiger charge is -2.31. The normalized spacial score (nSPS) is 26.4. The van der Waals surface area contributed by atoms with E-state index in [1.54, 1.807) is 0 Å². The Bertz CT molecular complexity index is 315. The first-order chi connectivity index (χ1) is 9.05. The van der Waals surface area contributed by atoms with Crippen LogP contribution in [0.2, 0.25) is 0 Å². The molecule has 2 rings (SSSR count). The number of hydrogen-bond donors (Lipinski definition) is 0. The van der Waals surface area contributed by atoms with Gasteiger partial charge in [-0.2, -0.15) is 0 Å². The topological polar surface area (TPSA) is 32.8 Å². The van der Waals surface area contributed by atoms with Gasteiger partial charge >= 0.3 is 5.97 Å². The molecule has 0 amide bonds. The molecular formula is C15H28N2O2. The second kappa shape index (κ2) is 6.23. The van der Waals surface area contributed by atoms with Gasteiger partial charge in [-0.15, -0.1) is 0 Å². The molecule has 1 aliphatic carbocycles. The Kier molecular flexibility index (Phi) is 4.85. The molecule has 0 radical (unpaired) electrons. The van der Waals surface area contributed by atoms with Crippen molar-refractivity contribution >= 4 is 5.97 Å². The first-order valence-electron chi connectivity index (χ1n) is 7.51. The lowest BCUT2D eigenvalue weighted by atomic mass is 9.95. The van der Waals surface area contributed by atoms with Crippen LogP contribution in [0.15, 0.2) is 0 Å². The quantitative estimate of drug-likeness (QED) is 0.685. The number of rotatable bonds is 6. The molecule has 19 heavy (non-hydrogen) atoms. The Labute approximate surface area is 117 Å². The van der Waals surface area contributed by atoms with Gasteiger partial charge in [0.1, 0.15) is 0 Å². The van der Waals surface area contributed by atoms with Gasteiger partial charge in [0, 0.05) is 13.1 Å². The van der Waals surface area contributed by atoms with Gasteiger partial charge in [0.2, 0.25) is 0 Å². The number of esters is 1. The van der Waals surface area contributed by atoms with Crippen LogP contribution in [-0.4, -0.2) is 63.2 Å². The van der Waals surface area contributed by atoms with E-state index in [0.717, 1.165) is 31.8 Å². The largest absolute Gasteiger partial charge is 0.469 e. The second-order valence-electron chi connectivity index (χ2n) is 6.57. The Hall–Kier alpha value is -0.610. The van der Waals surface area contributed by atoms with E-state index < -0.39 is 0 Å². The van der Waals surface area contributed by atoms with Crippen LogP contribution in [0.4, 0.5) is 0 Å². The van der Waals surface area contributed by atoms with Crippen LogP contribution in [0.3, 0.4) is 0 Å². The smallest absolute Gasteiger partial charge is 0.313 e. The van der Waals surface area contributed by atoms with Crippen molar-refractivity contribution in [3.05, 3.63) is 0 Å². The molecule has 0 aromatic rings. The Morgan fingerprint density at radius 1 is 1.47 bits per heavy atom. The van der Waals surface area contributed by atoms with Gasteiger partial charge in [0.15, 0.2) is 0 Å². The van der Waals surface area contributed by atoms with Crippen LogP contribution in [0.25, 0.3) is 0 Å². The molecule has 4 nitrogen and oxygen atoms in total.